The summed E-state index contributed by atoms with van der Waals surface area (Å²) in [5.41, 5.74) is -0.137. The molecule has 0 aromatic rings. The number of nitrogens with one attached hydrogen (secondary N) is 1. The molecule has 2 rings (SSSR count). The number of ether oxygens (including phenoxy) is 1. The molecule has 1 unspecified atom stereocenters. The van der Waals surface area contributed by atoms with E-state index in [1.54, 1.807) is 0 Å². The Kier molecular flexibility index (Phi) is 3.30. The van der Waals surface area contributed by atoms with Gasteiger partial charge in [-0.2, -0.15) is 0 Å². The maximum absolute atomic E-state index is 11.7. The summed E-state index contributed by atoms with van der Waals surface area (Å²) < 4.78 is 5.98. The van der Waals surface area contributed by atoms with Gasteiger partial charge < -0.3 is 15.0 Å². The third-order valence-electron chi connectivity index (χ3n) is 3.86. The van der Waals surface area contributed by atoms with Crippen LogP contribution in [0.5, 0.6) is 0 Å². The highest BCUT2D eigenvalue weighted by Crippen LogP contribution is 2.33. The molecule has 1 atom stereocenters. The first-order valence-electron chi connectivity index (χ1n) is 5.97. The topological polar surface area (TPSA) is 41.6 Å². The third-order valence-corrected chi connectivity index (χ3v) is 3.86. The molecule has 4 heteroatoms. The number of carbonyl (C=O) groups is 1. The second kappa shape index (κ2) is 4.55. The molecular weight excluding hydrogens is 204 g/mol. The van der Waals surface area contributed by atoms with Gasteiger partial charge in [-0.1, -0.05) is 6.58 Å². The molecule has 1 spiro atoms. The molecule has 90 valence electrons. The maximum atomic E-state index is 11.7. The Hall–Kier alpha value is -0.870. The summed E-state index contributed by atoms with van der Waals surface area (Å²) in [5, 5.41) is 3.33. The summed E-state index contributed by atoms with van der Waals surface area (Å²) in [6.45, 7) is 8.92. The molecule has 4 nitrogen and oxygen atoms in total. The van der Waals surface area contributed by atoms with E-state index in [1.807, 2.05) is 4.90 Å². The number of amides is 1. The van der Waals surface area contributed by atoms with E-state index >= 15 is 0 Å². The zero-order valence-electron chi connectivity index (χ0n) is 9.87. The lowest BCUT2D eigenvalue weighted by atomic mass is 9.83. The van der Waals surface area contributed by atoms with E-state index in [-0.39, 0.29) is 17.6 Å². The lowest BCUT2D eigenvalue weighted by molar-refractivity contribution is -0.169. The van der Waals surface area contributed by atoms with Gasteiger partial charge in [0.1, 0.15) is 0 Å². The number of morpholine rings is 1. The first kappa shape index (κ1) is 11.6. The van der Waals surface area contributed by atoms with Gasteiger partial charge in [0.05, 0.1) is 18.2 Å². The average molecular weight is 224 g/mol. The van der Waals surface area contributed by atoms with Crippen LogP contribution < -0.4 is 5.32 Å². The smallest absolute Gasteiger partial charge is 0.246 e. The maximum Gasteiger partial charge on any atom is 0.246 e. The monoisotopic (exact) mass is 224 g/mol. The van der Waals surface area contributed by atoms with Crippen LogP contribution in [0.25, 0.3) is 0 Å². The molecule has 1 amide bonds. The normalized spacial score (nSPS) is 29.1. The minimum absolute atomic E-state index is 0.0220. The molecule has 2 heterocycles. The highest BCUT2D eigenvalue weighted by Gasteiger charge is 2.44. The van der Waals surface area contributed by atoms with Crippen LogP contribution in [0.3, 0.4) is 0 Å². The van der Waals surface area contributed by atoms with Crippen LogP contribution in [0.1, 0.15) is 19.8 Å². The number of rotatable bonds is 1. The highest BCUT2D eigenvalue weighted by molar-refractivity contribution is 5.87. The van der Waals surface area contributed by atoms with E-state index in [1.165, 1.54) is 6.08 Å². The predicted molar refractivity (Wildman–Crippen MR) is 62.2 cm³/mol. The van der Waals surface area contributed by atoms with Crippen LogP contribution in [0.2, 0.25) is 0 Å². The summed E-state index contributed by atoms with van der Waals surface area (Å²) in [4.78, 5) is 13.6. The molecule has 0 aromatic carbocycles. The lowest BCUT2D eigenvalue weighted by Crippen LogP contribution is -2.62. The molecule has 0 aromatic heterocycles. The van der Waals surface area contributed by atoms with E-state index in [2.05, 4.69) is 18.8 Å². The van der Waals surface area contributed by atoms with Crippen LogP contribution in [0.15, 0.2) is 12.7 Å². The van der Waals surface area contributed by atoms with Gasteiger partial charge >= 0.3 is 0 Å². The minimum Gasteiger partial charge on any atom is -0.371 e. The fraction of sp³-hybridized carbons (Fsp3) is 0.750. The summed E-state index contributed by atoms with van der Waals surface area (Å²) in [7, 11) is 0. The molecule has 0 radical (unpaired) electrons. The highest BCUT2D eigenvalue weighted by atomic mass is 16.5. The molecule has 2 aliphatic heterocycles. The molecule has 2 saturated heterocycles. The standard InChI is InChI=1S/C12H20N2O2/c1-3-11(15)14-8-9-16-12(10(14)2)4-6-13-7-5-12/h3,10,13H,1,4-9H2,2H3. The van der Waals surface area contributed by atoms with Crippen molar-refractivity contribution < 1.29 is 9.53 Å². The van der Waals surface area contributed by atoms with E-state index in [0.717, 1.165) is 25.9 Å². The molecule has 1 N–H and O–H groups in total. The Morgan fingerprint density at radius 3 is 2.88 bits per heavy atom. The van der Waals surface area contributed by atoms with E-state index in [9.17, 15) is 4.79 Å². The van der Waals surface area contributed by atoms with Gasteiger partial charge in [-0.15, -0.1) is 0 Å². The van der Waals surface area contributed by atoms with E-state index in [4.69, 9.17) is 4.74 Å². The molecule has 0 bridgehead atoms. The van der Waals surface area contributed by atoms with Gasteiger partial charge in [0.15, 0.2) is 0 Å². The Morgan fingerprint density at radius 2 is 2.25 bits per heavy atom. The first-order chi connectivity index (χ1) is 7.69. The Bertz CT molecular complexity index is 279. The predicted octanol–water partition coefficient (Wildman–Crippen LogP) is 0.542. The van der Waals surface area contributed by atoms with Crippen LogP contribution in [-0.2, 0) is 9.53 Å². The van der Waals surface area contributed by atoms with Crippen molar-refractivity contribution in [3.63, 3.8) is 0 Å². The number of hydrogen-bond donors (Lipinski definition) is 1. The Labute approximate surface area is 96.6 Å². The second-order valence-corrected chi connectivity index (χ2v) is 4.57. The van der Waals surface area contributed by atoms with Crippen molar-refractivity contribution in [1.29, 1.82) is 0 Å². The molecular formula is C12H20N2O2. The van der Waals surface area contributed by atoms with E-state index in [0.29, 0.717) is 13.2 Å². The first-order valence-corrected chi connectivity index (χ1v) is 5.97. The molecule has 0 saturated carbocycles. The Balaban J connectivity index is 2.14. The fourth-order valence-corrected chi connectivity index (χ4v) is 2.78. The molecule has 2 aliphatic rings. The largest absolute Gasteiger partial charge is 0.371 e. The summed E-state index contributed by atoms with van der Waals surface area (Å²) >= 11 is 0. The summed E-state index contributed by atoms with van der Waals surface area (Å²) in [6, 6.07) is 0.147. The minimum atomic E-state index is -0.137. The van der Waals surface area contributed by atoms with Crippen molar-refractivity contribution >= 4 is 5.91 Å². The third kappa shape index (κ3) is 1.87. The summed E-state index contributed by atoms with van der Waals surface area (Å²) in [6.07, 6.45) is 3.36. The quantitative estimate of drug-likeness (QED) is 0.661. The number of nitrogens with zero attached hydrogens (tertiary/aromatic N) is 1. The lowest BCUT2D eigenvalue weighted by Gasteiger charge is -2.50. The van der Waals surface area contributed by atoms with Crippen molar-refractivity contribution in [3.8, 4) is 0 Å². The van der Waals surface area contributed by atoms with Gasteiger partial charge in [0.2, 0.25) is 5.91 Å². The number of carbonyl (C=O) groups excluding carboxylic acids is 1. The Morgan fingerprint density at radius 1 is 1.56 bits per heavy atom. The van der Waals surface area contributed by atoms with Crippen molar-refractivity contribution in [1.82, 2.24) is 10.2 Å². The van der Waals surface area contributed by atoms with Gasteiger partial charge in [-0.05, 0) is 38.9 Å². The van der Waals surface area contributed by atoms with Gasteiger partial charge in [-0.25, -0.2) is 0 Å². The fourth-order valence-electron chi connectivity index (χ4n) is 2.78. The van der Waals surface area contributed by atoms with Crippen LogP contribution in [0, 0.1) is 0 Å². The van der Waals surface area contributed by atoms with E-state index < -0.39 is 0 Å². The van der Waals surface area contributed by atoms with Gasteiger partial charge in [0.25, 0.3) is 0 Å². The molecule has 16 heavy (non-hydrogen) atoms. The van der Waals surface area contributed by atoms with Crippen LogP contribution >= 0.6 is 0 Å². The van der Waals surface area contributed by atoms with Gasteiger partial charge in [-0.3, -0.25) is 4.79 Å². The number of hydrogen-bond acceptors (Lipinski definition) is 3. The van der Waals surface area contributed by atoms with Crippen LogP contribution in [0.4, 0.5) is 0 Å². The second-order valence-electron chi connectivity index (χ2n) is 4.57. The van der Waals surface area contributed by atoms with Crippen molar-refractivity contribution in [3.05, 3.63) is 12.7 Å². The number of piperidine rings is 1. The van der Waals surface area contributed by atoms with Crippen molar-refractivity contribution in [2.45, 2.75) is 31.4 Å². The van der Waals surface area contributed by atoms with Crippen LogP contribution in [-0.4, -0.2) is 48.7 Å². The van der Waals surface area contributed by atoms with Crippen molar-refractivity contribution in [2.24, 2.45) is 0 Å². The SMILES string of the molecule is C=CC(=O)N1CCOC2(CCNCC2)C1C. The average Bonchev–Trinajstić information content (AvgIpc) is 2.33. The van der Waals surface area contributed by atoms with Crippen molar-refractivity contribution in [2.75, 3.05) is 26.2 Å². The molecule has 0 aliphatic carbocycles. The summed E-state index contributed by atoms with van der Waals surface area (Å²) in [5.74, 6) is 0.0220. The zero-order chi connectivity index (χ0) is 11.6. The van der Waals surface area contributed by atoms with Gasteiger partial charge in [0, 0.05) is 6.54 Å². The molecule has 2 fully saturated rings. The zero-order valence-corrected chi connectivity index (χ0v) is 9.87.